The minimum Gasteiger partial charge on any atom is -0.507 e. The van der Waals surface area contributed by atoms with Gasteiger partial charge in [0.1, 0.15) is 11.3 Å². The predicted molar refractivity (Wildman–Crippen MR) is 81.5 cm³/mol. The number of aliphatic hydroxyl groups excluding tert-OH is 1. The zero-order chi connectivity index (χ0) is 15.8. The third kappa shape index (κ3) is 5.28. The number of aliphatic hydroxyl groups is 1. The van der Waals surface area contributed by atoms with E-state index in [1.54, 1.807) is 12.1 Å². The molecule has 0 saturated carbocycles. The molecule has 0 aliphatic rings. The Hall–Kier alpha value is -2.33. The number of carboxylic acid groups (broad SMARTS) is 1. The second-order valence-electron chi connectivity index (χ2n) is 4.88. The molecule has 0 saturated heterocycles. The van der Waals surface area contributed by atoms with Gasteiger partial charge in [0.25, 0.3) is 0 Å². The molecule has 0 fully saturated rings. The molecule has 0 aliphatic carbocycles. The molecule has 4 nitrogen and oxygen atoms in total. The standard InChI is InChI=1S/C10H14O.C7H6O3/c1-8(2)10-5-3-9(7-11)4-6-10;8-6-4-2-1-3-5(6)7(9)10/h3-6,8,11H,7H2,1-2H3;1-4,8H,(H,9,10). The Morgan fingerprint density at radius 2 is 1.62 bits per heavy atom. The van der Waals surface area contributed by atoms with Gasteiger partial charge in [-0.3, -0.25) is 0 Å². The molecule has 0 radical (unpaired) electrons. The molecule has 0 bridgehead atoms. The van der Waals surface area contributed by atoms with Crippen molar-refractivity contribution >= 4 is 5.97 Å². The number of aromatic carboxylic acids is 1. The molecular formula is C17H20O4. The predicted octanol–water partition coefficient (Wildman–Crippen LogP) is 3.39. The lowest BCUT2D eigenvalue weighted by molar-refractivity contribution is 0.0693. The maximum atomic E-state index is 10.3. The molecule has 3 N–H and O–H groups in total. The van der Waals surface area contributed by atoms with E-state index in [0.717, 1.165) is 5.56 Å². The van der Waals surface area contributed by atoms with Crippen LogP contribution in [0.3, 0.4) is 0 Å². The summed E-state index contributed by atoms with van der Waals surface area (Å²) in [6, 6.07) is 13.9. The van der Waals surface area contributed by atoms with Crippen LogP contribution in [0, 0.1) is 0 Å². The lowest BCUT2D eigenvalue weighted by atomic mass is 10.0. The van der Waals surface area contributed by atoms with E-state index in [4.69, 9.17) is 15.3 Å². The van der Waals surface area contributed by atoms with Crippen molar-refractivity contribution in [2.24, 2.45) is 0 Å². The van der Waals surface area contributed by atoms with E-state index in [1.807, 2.05) is 12.1 Å². The maximum absolute atomic E-state index is 10.3. The third-order valence-electron chi connectivity index (χ3n) is 2.96. The molecule has 0 spiro atoms. The number of carboxylic acids is 1. The first kappa shape index (κ1) is 16.7. The number of carbonyl (C=O) groups is 1. The van der Waals surface area contributed by atoms with Crippen molar-refractivity contribution in [2.75, 3.05) is 0 Å². The molecule has 2 rings (SSSR count). The highest BCUT2D eigenvalue weighted by Crippen LogP contribution is 2.15. The fraction of sp³-hybridized carbons (Fsp3) is 0.235. The Labute approximate surface area is 124 Å². The Morgan fingerprint density at radius 1 is 1.05 bits per heavy atom. The Kier molecular flexibility index (Phi) is 6.43. The number of phenols is 1. The van der Waals surface area contributed by atoms with Crippen molar-refractivity contribution in [3.63, 3.8) is 0 Å². The molecule has 4 heteroatoms. The Bertz CT molecular complexity index is 574. The number of hydrogen-bond acceptors (Lipinski definition) is 3. The molecular weight excluding hydrogens is 268 g/mol. The lowest BCUT2D eigenvalue weighted by Crippen LogP contribution is -1.95. The molecule has 0 aliphatic heterocycles. The number of aromatic hydroxyl groups is 1. The summed E-state index contributed by atoms with van der Waals surface area (Å²) in [5.74, 6) is -0.740. The van der Waals surface area contributed by atoms with Crippen molar-refractivity contribution in [3.05, 3.63) is 65.2 Å². The van der Waals surface area contributed by atoms with Gasteiger partial charge in [0.15, 0.2) is 0 Å². The number of rotatable bonds is 3. The monoisotopic (exact) mass is 288 g/mol. The summed E-state index contributed by atoms with van der Waals surface area (Å²) in [5, 5.41) is 26.1. The third-order valence-corrected chi connectivity index (χ3v) is 2.96. The molecule has 0 amide bonds. The summed E-state index contributed by atoms with van der Waals surface area (Å²) >= 11 is 0. The van der Waals surface area contributed by atoms with Gasteiger partial charge in [-0.25, -0.2) is 4.79 Å². The van der Waals surface area contributed by atoms with Crippen LogP contribution in [-0.4, -0.2) is 21.3 Å². The van der Waals surface area contributed by atoms with Crippen LogP contribution in [0.25, 0.3) is 0 Å². The highest BCUT2D eigenvalue weighted by molar-refractivity contribution is 5.90. The van der Waals surface area contributed by atoms with E-state index >= 15 is 0 Å². The van der Waals surface area contributed by atoms with Gasteiger partial charge in [0, 0.05) is 0 Å². The van der Waals surface area contributed by atoms with Crippen LogP contribution in [-0.2, 0) is 6.61 Å². The smallest absolute Gasteiger partial charge is 0.339 e. The fourth-order valence-electron chi connectivity index (χ4n) is 1.66. The molecule has 0 unspecified atom stereocenters. The van der Waals surface area contributed by atoms with Gasteiger partial charge >= 0.3 is 5.97 Å². The molecule has 2 aromatic carbocycles. The van der Waals surface area contributed by atoms with Gasteiger partial charge in [0.2, 0.25) is 0 Å². The normalized spacial score (nSPS) is 9.90. The average molecular weight is 288 g/mol. The highest BCUT2D eigenvalue weighted by atomic mass is 16.4. The molecule has 21 heavy (non-hydrogen) atoms. The van der Waals surface area contributed by atoms with Gasteiger partial charge in [-0.2, -0.15) is 0 Å². The molecule has 0 aromatic heterocycles. The first-order valence-corrected chi connectivity index (χ1v) is 6.66. The molecule has 112 valence electrons. The van der Waals surface area contributed by atoms with Gasteiger partial charge < -0.3 is 15.3 Å². The average Bonchev–Trinajstić information content (AvgIpc) is 2.48. The summed E-state index contributed by atoms with van der Waals surface area (Å²) < 4.78 is 0. The van der Waals surface area contributed by atoms with Crippen LogP contribution >= 0.6 is 0 Å². The van der Waals surface area contributed by atoms with Gasteiger partial charge in [-0.15, -0.1) is 0 Å². The summed E-state index contributed by atoms with van der Waals surface area (Å²) in [7, 11) is 0. The SMILES string of the molecule is CC(C)c1ccc(CO)cc1.O=C(O)c1ccccc1O. The molecule has 0 heterocycles. The molecule has 0 atom stereocenters. The van der Waals surface area contributed by atoms with E-state index in [-0.39, 0.29) is 17.9 Å². The zero-order valence-corrected chi connectivity index (χ0v) is 12.2. The fourth-order valence-corrected chi connectivity index (χ4v) is 1.66. The maximum Gasteiger partial charge on any atom is 0.339 e. The van der Waals surface area contributed by atoms with Gasteiger partial charge in [0.05, 0.1) is 6.61 Å². The van der Waals surface area contributed by atoms with Crippen LogP contribution in [0.2, 0.25) is 0 Å². The van der Waals surface area contributed by atoms with E-state index < -0.39 is 5.97 Å². The summed E-state index contributed by atoms with van der Waals surface area (Å²) in [4.78, 5) is 10.3. The minimum atomic E-state index is -1.11. The Morgan fingerprint density at radius 3 is 2.00 bits per heavy atom. The second-order valence-corrected chi connectivity index (χ2v) is 4.88. The van der Waals surface area contributed by atoms with Gasteiger partial charge in [-0.1, -0.05) is 50.2 Å². The summed E-state index contributed by atoms with van der Waals surface area (Å²) in [6.07, 6.45) is 0. The van der Waals surface area contributed by atoms with Crippen LogP contribution in [0.15, 0.2) is 48.5 Å². The van der Waals surface area contributed by atoms with E-state index in [2.05, 4.69) is 26.0 Å². The van der Waals surface area contributed by atoms with Crippen molar-refractivity contribution in [2.45, 2.75) is 26.4 Å². The topological polar surface area (TPSA) is 77.8 Å². The summed E-state index contributed by atoms with van der Waals surface area (Å²) in [6.45, 7) is 4.46. The van der Waals surface area contributed by atoms with E-state index in [1.165, 1.54) is 17.7 Å². The quantitative estimate of drug-likeness (QED) is 0.809. The largest absolute Gasteiger partial charge is 0.507 e. The van der Waals surface area contributed by atoms with Crippen molar-refractivity contribution < 1.29 is 20.1 Å². The van der Waals surface area contributed by atoms with Crippen molar-refractivity contribution in [1.29, 1.82) is 0 Å². The first-order valence-electron chi connectivity index (χ1n) is 6.66. The minimum absolute atomic E-state index is 0.0671. The summed E-state index contributed by atoms with van der Waals surface area (Å²) in [5.41, 5.74) is 2.24. The van der Waals surface area contributed by atoms with Crippen LogP contribution < -0.4 is 0 Å². The van der Waals surface area contributed by atoms with Crippen LogP contribution in [0.1, 0.15) is 41.3 Å². The first-order chi connectivity index (χ1) is 9.95. The van der Waals surface area contributed by atoms with Gasteiger partial charge in [-0.05, 0) is 29.2 Å². The van der Waals surface area contributed by atoms with Crippen molar-refractivity contribution in [1.82, 2.24) is 0 Å². The lowest BCUT2D eigenvalue weighted by Gasteiger charge is -2.04. The zero-order valence-electron chi connectivity index (χ0n) is 12.2. The van der Waals surface area contributed by atoms with Crippen LogP contribution in [0.4, 0.5) is 0 Å². The number of hydrogen-bond donors (Lipinski definition) is 3. The number of benzene rings is 2. The van der Waals surface area contributed by atoms with Crippen molar-refractivity contribution in [3.8, 4) is 5.75 Å². The Balaban J connectivity index is 0.000000211. The van der Waals surface area contributed by atoms with E-state index in [0.29, 0.717) is 5.92 Å². The highest BCUT2D eigenvalue weighted by Gasteiger charge is 2.05. The van der Waals surface area contributed by atoms with E-state index in [9.17, 15) is 4.79 Å². The van der Waals surface area contributed by atoms with Crippen LogP contribution in [0.5, 0.6) is 5.75 Å². The number of para-hydroxylation sites is 1. The molecule has 2 aromatic rings. The second kappa shape index (κ2) is 8.07.